The third-order valence-corrected chi connectivity index (χ3v) is 7.25. The number of carbonyl (C=O) groups excluding carboxylic acids is 1. The summed E-state index contributed by atoms with van der Waals surface area (Å²) in [6.45, 7) is 5.75. The van der Waals surface area contributed by atoms with E-state index in [2.05, 4.69) is 16.9 Å². The molecule has 1 aromatic heterocycles. The molecule has 0 saturated carbocycles. The fourth-order valence-electron chi connectivity index (χ4n) is 4.47. The Bertz CT molecular complexity index is 750. The molecule has 1 amide bonds. The van der Waals surface area contributed by atoms with E-state index in [-0.39, 0.29) is 11.8 Å². The number of hydrogen-bond acceptors (Lipinski definition) is 4. The first-order valence-corrected chi connectivity index (χ1v) is 11.4. The number of rotatable bonds is 5. The van der Waals surface area contributed by atoms with Gasteiger partial charge in [0.25, 0.3) is 0 Å². The van der Waals surface area contributed by atoms with Gasteiger partial charge >= 0.3 is 0 Å². The van der Waals surface area contributed by atoms with Crippen LogP contribution in [-0.2, 0) is 26.8 Å². The van der Waals surface area contributed by atoms with Gasteiger partial charge in [-0.15, -0.1) is 0 Å². The van der Waals surface area contributed by atoms with Gasteiger partial charge in [0.2, 0.25) is 15.9 Å². The normalized spacial score (nSPS) is 21.6. The molecule has 7 nitrogen and oxygen atoms in total. The first-order chi connectivity index (χ1) is 12.3. The molecule has 0 radical (unpaired) electrons. The number of fused-ring (bicyclic) bond motifs is 2. The second-order valence-electron chi connectivity index (χ2n) is 7.71. The Morgan fingerprint density at radius 1 is 1.35 bits per heavy atom. The lowest BCUT2D eigenvalue weighted by Gasteiger charge is -2.49. The maximum atomic E-state index is 12.7. The Morgan fingerprint density at radius 3 is 2.65 bits per heavy atom. The number of nitrogens with zero attached hydrogens (tertiary/aromatic N) is 3. The minimum absolute atomic E-state index is 0.0299. The van der Waals surface area contributed by atoms with Crippen LogP contribution in [-0.4, -0.2) is 59.4 Å². The van der Waals surface area contributed by atoms with E-state index in [1.165, 1.54) is 6.26 Å². The minimum Gasteiger partial charge on any atom is -0.348 e. The summed E-state index contributed by atoms with van der Waals surface area (Å²) in [4.78, 5) is 22.3. The van der Waals surface area contributed by atoms with Crippen molar-refractivity contribution in [3.05, 3.63) is 17.7 Å². The molecule has 1 unspecified atom stereocenters. The zero-order chi connectivity index (χ0) is 18.9. The number of piperidine rings is 1. The summed E-state index contributed by atoms with van der Waals surface area (Å²) in [7, 11) is -3.34. The number of hydrogen-bond donors (Lipinski definition) is 1. The number of aromatic amines is 1. The quantitative estimate of drug-likeness (QED) is 0.842. The van der Waals surface area contributed by atoms with Crippen LogP contribution in [0, 0.1) is 5.92 Å². The Morgan fingerprint density at radius 2 is 2.04 bits per heavy atom. The highest BCUT2D eigenvalue weighted by molar-refractivity contribution is 7.88. The second-order valence-corrected chi connectivity index (χ2v) is 9.62. The summed E-state index contributed by atoms with van der Waals surface area (Å²) in [5.41, 5.74) is 1.26. The summed E-state index contributed by atoms with van der Waals surface area (Å²) >= 11 is 0. The first-order valence-electron chi connectivity index (χ1n) is 9.59. The van der Waals surface area contributed by atoms with Gasteiger partial charge in [-0.05, 0) is 19.3 Å². The number of carbonyl (C=O) groups is 1. The predicted octanol–water partition coefficient (Wildman–Crippen LogP) is 1.87. The fourth-order valence-corrected chi connectivity index (χ4v) is 5.80. The molecule has 1 N–H and O–H groups in total. The van der Waals surface area contributed by atoms with Gasteiger partial charge in [-0.25, -0.2) is 13.4 Å². The van der Waals surface area contributed by atoms with Crippen molar-refractivity contribution < 1.29 is 13.2 Å². The van der Waals surface area contributed by atoms with Crippen LogP contribution in [0.5, 0.6) is 0 Å². The van der Waals surface area contributed by atoms with Gasteiger partial charge in [0.05, 0.1) is 23.8 Å². The smallest absolute Gasteiger partial charge is 0.225 e. The maximum absolute atomic E-state index is 12.7. The molecule has 2 aliphatic rings. The van der Waals surface area contributed by atoms with Crippen LogP contribution in [0.2, 0.25) is 0 Å². The van der Waals surface area contributed by atoms with E-state index in [9.17, 15) is 13.2 Å². The summed E-state index contributed by atoms with van der Waals surface area (Å²) in [5, 5.41) is 0. The van der Waals surface area contributed by atoms with Gasteiger partial charge in [-0.3, -0.25) is 4.79 Å². The van der Waals surface area contributed by atoms with E-state index in [0.29, 0.717) is 38.9 Å². The maximum Gasteiger partial charge on any atom is 0.225 e. The molecule has 1 spiro atoms. The van der Waals surface area contributed by atoms with E-state index >= 15 is 0 Å². The van der Waals surface area contributed by atoms with Crippen LogP contribution in [0.1, 0.15) is 57.3 Å². The molecule has 146 valence electrons. The Balaban J connectivity index is 1.80. The first kappa shape index (κ1) is 19.4. The van der Waals surface area contributed by atoms with Crippen LogP contribution in [0.4, 0.5) is 0 Å². The van der Waals surface area contributed by atoms with Crippen LogP contribution in [0.25, 0.3) is 0 Å². The van der Waals surface area contributed by atoms with Crippen molar-refractivity contribution in [1.82, 2.24) is 19.2 Å². The van der Waals surface area contributed by atoms with Gasteiger partial charge in [0.1, 0.15) is 0 Å². The minimum atomic E-state index is -3.34. The molecular formula is C18H30N4O3S. The second kappa shape index (κ2) is 7.31. The Hall–Kier alpha value is -1.41. The largest absolute Gasteiger partial charge is 0.348 e. The third-order valence-electron chi connectivity index (χ3n) is 5.92. The number of nitrogens with one attached hydrogen (secondary N) is 1. The zero-order valence-corrected chi connectivity index (χ0v) is 16.8. The van der Waals surface area contributed by atoms with Gasteiger partial charge in [0, 0.05) is 37.7 Å². The van der Waals surface area contributed by atoms with Crippen LogP contribution >= 0.6 is 0 Å². The molecule has 2 aliphatic heterocycles. The van der Waals surface area contributed by atoms with Gasteiger partial charge < -0.3 is 9.88 Å². The highest BCUT2D eigenvalue weighted by Gasteiger charge is 2.50. The lowest BCUT2D eigenvalue weighted by molar-refractivity contribution is -0.137. The molecule has 1 fully saturated rings. The molecule has 0 aliphatic carbocycles. The van der Waals surface area contributed by atoms with Crippen LogP contribution in [0.15, 0.2) is 6.33 Å². The Labute approximate surface area is 156 Å². The van der Waals surface area contributed by atoms with Gasteiger partial charge in [-0.2, -0.15) is 4.31 Å². The average molecular weight is 383 g/mol. The van der Waals surface area contributed by atoms with Gasteiger partial charge in [0.15, 0.2) is 0 Å². The molecule has 3 heterocycles. The third kappa shape index (κ3) is 3.41. The lowest BCUT2D eigenvalue weighted by atomic mass is 9.80. The molecule has 1 atom stereocenters. The van der Waals surface area contributed by atoms with Crippen molar-refractivity contribution in [2.24, 2.45) is 5.92 Å². The number of amides is 1. The Kier molecular flexibility index (Phi) is 5.44. The predicted molar refractivity (Wildman–Crippen MR) is 100 cm³/mol. The van der Waals surface area contributed by atoms with Crippen LogP contribution < -0.4 is 0 Å². The monoisotopic (exact) mass is 382 g/mol. The van der Waals surface area contributed by atoms with Crippen molar-refractivity contribution in [2.45, 2.75) is 57.9 Å². The topological polar surface area (TPSA) is 86.4 Å². The van der Waals surface area contributed by atoms with Crippen molar-refractivity contribution in [3.63, 3.8) is 0 Å². The fraction of sp³-hybridized carbons (Fsp3) is 0.778. The zero-order valence-electron chi connectivity index (χ0n) is 16.0. The van der Waals surface area contributed by atoms with Crippen LogP contribution in [0.3, 0.4) is 0 Å². The SMILES string of the molecule is CCCCC(C)C(=O)N1CCC2(CC1)c1nc[nH]c1CCN2S(C)(=O)=O. The summed E-state index contributed by atoms with van der Waals surface area (Å²) in [6.07, 6.45) is 7.85. The van der Waals surface area contributed by atoms with E-state index < -0.39 is 15.6 Å². The summed E-state index contributed by atoms with van der Waals surface area (Å²) in [6, 6.07) is 0. The van der Waals surface area contributed by atoms with E-state index in [1.54, 1.807) is 10.6 Å². The summed E-state index contributed by atoms with van der Waals surface area (Å²) in [5.74, 6) is 0.222. The average Bonchev–Trinajstić information content (AvgIpc) is 3.09. The van der Waals surface area contributed by atoms with E-state index in [0.717, 1.165) is 30.7 Å². The van der Waals surface area contributed by atoms with E-state index in [1.807, 2.05) is 11.8 Å². The van der Waals surface area contributed by atoms with Crippen molar-refractivity contribution in [2.75, 3.05) is 25.9 Å². The molecule has 0 aromatic carbocycles. The number of likely N-dealkylation sites (tertiary alicyclic amines) is 1. The number of aromatic nitrogens is 2. The highest BCUT2D eigenvalue weighted by Crippen LogP contribution is 2.43. The van der Waals surface area contributed by atoms with Crippen molar-refractivity contribution >= 4 is 15.9 Å². The molecular weight excluding hydrogens is 352 g/mol. The molecule has 0 bridgehead atoms. The van der Waals surface area contributed by atoms with Gasteiger partial charge in [-0.1, -0.05) is 26.7 Å². The van der Waals surface area contributed by atoms with E-state index in [4.69, 9.17) is 0 Å². The standard InChI is InChI=1S/C18H30N4O3S/c1-4-5-6-14(2)17(23)21-11-8-18(9-12-21)16-15(19-13-20-16)7-10-22(18)26(3,24)25/h13-14H,4-12H2,1-3H3,(H,19,20). The molecule has 3 rings (SSSR count). The number of unbranched alkanes of at least 4 members (excludes halogenated alkanes) is 1. The highest BCUT2D eigenvalue weighted by atomic mass is 32.2. The summed E-state index contributed by atoms with van der Waals surface area (Å²) < 4.78 is 26.5. The van der Waals surface area contributed by atoms with Crippen molar-refractivity contribution in [3.8, 4) is 0 Å². The van der Waals surface area contributed by atoms with Crippen molar-refractivity contribution in [1.29, 1.82) is 0 Å². The number of H-pyrrole nitrogens is 1. The number of imidazole rings is 1. The molecule has 1 aromatic rings. The lowest BCUT2D eigenvalue weighted by Crippen LogP contribution is -2.58. The number of sulfonamides is 1. The molecule has 8 heteroatoms. The molecule has 1 saturated heterocycles. The molecule has 26 heavy (non-hydrogen) atoms.